The number of ether oxygens (including phenoxy) is 4. The van der Waals surface area contributed by atoms with Gasteiger partial charge in [-0.05, 0) is 73.5 Å². The molecule has 6 rings (SSSR count). The Bertz CT molecular complexity index is 2060. The fraction of sp³-hybridized carbons (Fsp3) is 0.167. The van der Waals surface area contributed by atoms with Crippen molar-refractivity contribution in [2.75, 3.05) is 28.4 Å². The summed E-state index contributed by atoms with van der Waals surface area (Å²) < 4.78 is 33.0. The first-order valence-electron chi connectivity index (χ1n) is 13.8. The molecule has 0 saturated heterocycles. The molecule has 44 heavy (non-hydrogen) atoms. The van der Waals surface area contributed by atoms with Gasteiger partial charge in [-0.15, -0.1) is 0 Å². The Labute approximate surface area is 254 Å². The van der Waals surface area contributed by atoms with E-state index in [9.17, 15) is 9.59 Å². The maximum Gasteiger partial charge on any atom is 0.239 e. The summed E-state index contributed by atoms with van der Waals surface area (Å²) >= 11 is 0. The van der Waals surface area contributed by atoms with Gasteiger partial charge in [0.05, 0.1) is 28.4 Å². The molecule has 0 amide bonds. The lowest BCUT2D eigenvalue weighted by Crippen LogP contribution is -2.09. The molecular formula is C36H32O8. The summed E-state index contributed by atoms with van der Waals surface area (Å²) in [6.07, 6.45) is 0. The van der Waals surface area contributed by atoms with Crippen LogP contribution in [0, 0.1) is 13.8 Å². The van der Waals surface area contributed by atoms with Gasteiger partial charge in [-0.25, -0.2) is 0 Å². The van der Waals surface area contributed by atoms with Gasteiger partial charge in [0.25, 0.3) is 0 Å². The molecule has 2 heterocycles. The van der Waals surface area contributed by atoms with Gasteiger partial charge in [-0.3, -0.25) is 9.59 Å². The van der Waals surface area contributed by atoms with Crippen LogP contribution in [0.3, 0.4) is 0 Å². The molecular weight excluding hydrogens is 560 g/mol. The van der Waals surface area contributed by atoms with E-state index in [1.165, 1.54) is 20.3 Å². The van der Waals surface area contributed by atoms with Crippen molar-refractivity contribution in [3.8, 4) is 45.6 Å². The summed E-state index contributed by atoms with van der Waals surface area (Å²) in [5.41, 5.74) is 4.19. The maximum atomic E-state index is 12.9. The number of aryl methyl sites for hydroxylation is 2. The highest BCUT2D eigenvalue weighted by Crippen LogP contribution is 2.35. The molecule has 0 aliphatic rings. The zero-order valence-corrected chi connectivity index (χ0v) is 25.3. The summed E-state index contributed by atoms with van der Waals surface area (Å²) in [7, 11) is 6.13. The minimum absolute atomic E-state index is 0.0954. The van der Waals surface area contributed by atoms with E-state index in [1.807, 2.05) is 74.5 Å². The molecule has 8 nitrogen and oxygen atoms in total. The first-order valence-corrected chi connectivity index (χ1v) is 13.8. The molecule has 0 aliphatic carbocycles. The van der Waals surface area contributed by atoms with E-state index >= 15 is 0 Å². The quantitative estimate of drug-likeness (QED) is 0.195. The Morgan fingerprint density at radius 2 is 1.16 bits per heavy atom. The van der Waals surface area contributed by atoms with Crippen molar-refractivity contribution in [1.82, 2.24) is 0 Å². The van der Waals surface area contributed by atoms with E-state index in [1.54, 1.807) is 32.4 Å². The van der Waals surface area contributed by atoms with Gasteiger partial charge in [-0.2, -0.15) is 0 Å². The standard InChI is InChI=1S/C19H18O5.C17H14O3/c1-11-9-14(22-3)16-15(10-11)24-18(19(23-4)17(16)20)12-5-7-13(21-2)8-6-12;1-11-8-15(19-2)17-13(18)10-14(20-16(17)9-11)12-6-4-3-5-7-12/h5-10H,1-4H3;3-10H,1-2H3. The highest BCUT2D eigenvalue weighted by molar-refractivity contribution is 5.88. The van der Waals surface area contributed by atoms with Gasteiger partial charge in [0.1, 0.15) is 44.9 Å². The van der Waals surface area contributed by atoms with Crippen molar-refractivity contribution in [2.45, 2.75) is 13.8 Å². The van der Waals surface area contributed by atoms with Crippen molar-refractivity contribution < 1.29 is 27.8 Å². The van der Waals surface area contributed by atoms with Crippen LogP contribution in [0.25, 0.3) is 44.6 Å². The summed E-state index contributed by atoms with van der Waals surface area (Å²) in [5, 5.41) is 0.856. The molecule has 4 aromatic carbocycles. The van der Waals surface area contributed by atoms with E-state index in [2.05, 4.69) is 0 Å². The SMILES string of the molecule is COc1cc(C)cc2oc(-c3ccccc3)cc(=O)c12.COc1ccc(-c2oc3cc(C)cc(OC)c3c(=O)c2OC)cc1. The number of hydrogen-bond donors (Lipinski definition) is 0. The Morgan fingerprint density at radius 3 is 1.73 bits per heavy atom. The summed E-state index contributed by atoms with van der Waals surface area (Å²) in [6.45, 7) is 3.86. The van der Waals surface area contributed by atoms with Crippen LogP contribution < -0.4 is 29.8 Å². The lowest BCUT2D eigenvalue weighted by Gasteiger charge is -2.12. The zero-order valence-electron chi connectivity index (χ0n) is 25.3. The molecule has 0 spiro atoms. The highest BCUT2D eigenvalue weighted by atomic mass is 16.5. The van der Waals surface area contributed by atoms with E-state index < -0.39 is 0 Å². The third-order valence-electron chi connectivity index (χ3n) is 7.06. The smallest absolute Gasteiger partial charge is 0.239 e. The normalized spacial score (nSPS) is 10.7. The number of methoxy groups -OCH3 is 4. The molecule has 0 saturated carbocycles. The largest absolute Gasteiger partial charge is 0.497 e. The molecule has 6 aromatic rings. The van der Waals surface area contributed by atoms with Gasteiger partial charge in [0.15, 0.2) is 11.2 Å². The van der Waals surface area contributed by atoms with Crippen LogP contribution in [-0.4, -0.2) is 28.4 Å². The van der Waals surface area contributed by atoms with Gasteiger partial charge in [0.2, 0.25) is 11.2 Å². The highest BCUT2D eigenvalue weighted by Gasteiger charge is 2.20. The van der Waals surface area contributed by atoms with Gasteiger partial charge >= 0.3 is 0 Å². The van der Waals surface area contributed by atoms with E-state index in [0.717, 1.165) is 28.0 Å². The molecule has 8 heteroatoms. The first-order chi connectivity index (χ1) is 21.3. The summed E-state index contributed by atoms with van der Waals surface area (Å²) in [4.78, 5) is 25.2. The van der Waals surface area contributed by atoms with Crippen LogP contribution in [0.2, 0.25) is 0 Å². The maximum absolute atomic E-state index is 12.9. The van der Waals surface area contributed by atoms with Crippen molar-refractivity contribution in [3.05, 3.63) is 117 Å². The lowest BCUT2D eigenvalue weighted by atomic mass is 10.1. The van der Waals surface area contributed by atoms with Crippen molar-refractivity contribution in [1.29, 1.82) is 0 Å². The monoisotopic (exact) mass is 592 g/mol. The lowest BCUT2D eigenvalue weighted by molar-refractivity contribution is 0.395. The minimum Gasteiger partial charge on any atom is -0.497 e. The van der Waals surface area contributed by atoms with Crippen molar-refractivity contribution in [2.24, 2.45) is 0 Å². The van der Waals surface area contributed by atoms with Crippen LogP contribution in [0.15, 0.2) is 103 Å². The second-order valence-electron chi connectivity index (χ2n) is 10.0. The average molecular weight is 593 g/mol. The topological polar surface area (TPSA) is 97.3 Å². The first kappa shape index (κ1) is 30.0. The van der Waals surface area contributed by atoms with Crippen LogP contribution >= 0.6 is 0 Å². The predicted octanol–water partition coefficient (Wildman–Crippen LogP) is 7.57. The second-order valence-corrected chi connectivity index (χ2v) is 10.0. The van der Waals surface area contributed by atoms with Crippen LogP contribution in [-0.2, 0) is 0 Å². The minimum atomic E-state index is -0.263. The van der Waals surface area contributed by atoms with E-state index in [0.29, 0.717) is 45.0 Å². The van der Waals surface area contributed by atoms with E-state index in [4.69, 9.17) is 27.8 Å². The fourth-order valence-corrected chi connectivity index (χ4v) is 4.97. The third kappa shape index (κ3) is 5.87. The number of hydrogen-bond acceptors (Lipinski definition) is 8. The van der Waals surface area contributed by atoms with Gasteiger partial charge in [-0.1, -0.05) is 30.3 Å². The summed E-state index contributed by atoms with van der Waals surface area (Å²) in [6, 6.07) is 25.6. The van der Waals surface area contributed by atoms with Crippen LogP contribution in [0.5, 0.6) is 23.0 Å². The fourth-order valence-electron chi connectivity index (χ4n) is 4.97. The molecule has 0 atom stereocenters. The molecule has 0 unspecified atom stereocenters. The number of rotatable bonds is 6. The van der Waals surface area contributed by atoms with Crippen LogP contribution in [0.4, 0.5) is 0 Å². The molecule has 0 radical (unpaired) electrons. The molecule has 0 aliphatic heterocycles. The molecule has 2 aromatic heterocycles. The second kappa shape index (κ2) is 12.8. The Balaban J connectivity index is 0.000000177. The number of fused-ring (bicyclic) bond motifs is 2. The average Bonchev–Trinajstić information content (AvgIpc) is 3.04. The molecule has 224 valence electrons. The summed E-state index contributed by atoms with van der Waals surface area (Å²) in [5.74, 6) is 2.83. The molecule has 0 N–H and O–H groups in total. The molecule has 0 fully saturated rings. The predicted molar refractivity (Wildman–Crippen MR) is 172 cm³/mol. The Hall–Kier alpha value is -5.50. The third-order valence-corrected chi connectivity index (χ3v) is 7.06. The van der Waals surface area contributed by atoms with Gasteiger partial charge < -0.3 is 27.8 Å². The molecule has 0 bridgehead atoms. The van der Waals surface area contributed by atoms with Gasteiger partial charge in [0, 0.05) is 17.2 Å². The van der Waals surface area contributed by atoms with Crippen molar-refractivity contribution >= 4 is 21.9 Å². The van der Waals surface area contributed by atoms with Crippen molar-refractivity contribution in [3.63, 3.8) is 0 Å². The Kier molecular flexibility index (Phi) is 8.71. The van der Waals surface area contributed by atoms with E-state index in [-0.39, 0.29) is 16.6 Å². The van der Waals surface area contributed by atoms with Crippen LogP contribution in [0.1, 0.15) is 11.1 Å². The Morgan fingerprint density at radius 1 is 0.568 bits per heavy atom. The zero-order chi connectivity index (χ0) is 31.4. The number of benzene rings is 4.